The number of likely N-dealkylation sites (N-methyl/N-ethyl adjacent to an activating group) is 1. The van der Waals surface area contributed by atoms with Crippen LogP contribution < -0.4 is 0 Å². The van der Waals surface area contributed by atoms with Gasteiger partial charge < -0.3 is 4.90 Å². The van der Waals surface area contributed by atoms with Crippen LogP contribution in [0, 0.1) is 23.1 Å². The Labute approximate surface area is 96.3 Å². The van der Waals surface area contributed by atoms with Crippen molar-refractivity contribution in [3.05, 3.63) is 35.6 Å². The number of hydrogen-bond acceptors (Lipinski definition) is 2. The first kappa shape index (κ1) is 12.7. The van der Waals surface area contributed by atoms with Crippen LogP contribution >= 0.6 is 0 Å². The predicted octanol–water partition coefficient (Wildman–Crippen LogP) is 2.46. The maximum Gasteiger partial charge on any atom is 0.126 e. The summed E-state index contributed by atoms with van der Waals surface area (Å²) >= 11 is 0. The summed E-state index contributed by atoms with van der Waals surface area (Å²) in [5, 5.41) is 8.68. The van der Waals surface area contributed by atoms with Gasteiger partial charge in [-0.15, -0.1) is 0 Å². The SMILES string of the molecule is CC(C#N)CN(C)CCc1ccccc1F. The summed E-state index contributed by atoms with van der Waals surface area (Å²) in [6.45, 7) is 3.39. The lowest BCUT2D eigenvalue weighted by Crippen LogP contribution is -2.26. The fraction of sp³-hybridized carbons (Fsp3) is 0.462. The van der Waals surface area contributed by atoms with Gasteiger partial charge in [0.25, 0.3) is 0 Å². The van der Waals surface area contributed by atoms with Gasteiger partial charge in [-0.25, -0.2) is 4.39 Å². The van der Waals surface area contributed by atoms with E-state index in [9.17, 15) is 4.39 Å². The lowest BCUT2D eigenvalue weighted by Gasteiger charge is -2.17. The minimum absolute atomic E-state index is 0.0191. The maximum absolute atomic E-state index is 13.3. The highest BCUT2D eigenvalue weighted by Crippen LogP contribution is 2.07. The van der Waals surface area contributed by atoms with Gasteiger partial charge in [0.2, 0.25) is 0 Å². The fourth-order valence-electron chi connectivity index (χ4n) is 1.61. The Morgan fingerprint density at radius 2 is 2.12 bits per heavy atom. The van der Waals surface area contributed by atoms with Gasteiger partial charge in [-0.05, 0) is 32.0 Å². The van der Waals surface area contributed by atoms with Gasteiger partial charge >= 0.3 is 0 Å². The number of halogens is 1. The van der Waals surface area contributed by atoms with Gasteiger partial charge in [0.1, 0.15) is 5.82 Å². The van der Waals surface area contributed by atoms with E-state index in [1.165, 1.54) is 6.07 Å². The molecule has 0 fully saturated rings. The lowest BCUT2D eigenvalue weighted by molar-refractivity contribution is 0.313. The molecule has 3 heteroatoms. The fourth-order valence-corrected chi connectivity index (χ4v) is 1.61. The number of benzene rings is 1. The van der Waals surface area contributed by atoms with Crippen molar-refractivity contribution < 1.29 is 4.39 Å². The highest BCUT2D eigenvalue weighted by molar-refractivity contribution is 5.17. The molecule has 1 atom stereocenters. The molecule has 1 rings (SSSR count). The van der Waals surface area contributed by atoms with Crippen LogP contribution in [0.3, 0.4) is 0 Å². The van der Waals surface area contributed by atoms with E-state index in [1.807, 2.05) is 20.0 Å². The van der Waals surface area contributed by atoms with Crippen molar-refractivity contribution in [2.24, 2.45) is 5.92 Å². The average molecular weight is 220 g/mol. The smallest absolute Gasteiger partial charge is 0.126 e. The van der Waals surface area contributed by atoms with Crippen LogP contribution in [-0.4, -0.2) is 25.0 Å². The number of hydrogen-bond donors (Lipinski definition) is 0. The maximum atomic E-state index is 13.3. The summed E-state index contributed by atoms with van der Waals surface area (Å²) in [6.07, 6.45) is 0.682. The largest absolute Gasteiger partial charge is 0.305 e. The molecule has 0 radical (unpaired) electrons. The van der Waals surface area contributed by atoms with Crippen molar-refractivity contribution in [1.82, 2.24) is 4.90 Å². The van der Waals surface area contributed by atoms with Crippen LogP contribution in [0.15, 0.2) is 24.3 Å². The number of nitriles is 1. The van der Waals surface area contributed by atoms with Crippen LogP contribution in [0.4, 0.5) is 4.39 Å². The molecule has 0 aliphatic carbocycles. The second kappa shape index (κ2) is 6.24. The van der Waals surface area contributed by atoms with E-state index in [1.54, 1.807) is 12.1 Å². The monoisotopic (exact) mass is 220 g/mol. The van der Waals surface area contributed by atoms with E-state index in [4.69, 9.17) is 5.26 Å². The van der Waals surface area contributed by atoms with E-state index in [0.717, 1.165) is 18.7 Å². The lowest BCUT2D eigenvalue weighted by atomic mass is 10.1. The van der Waals surface area contributed by atoms with Crippen LogP contribution in [0.25, 0.3) is 0 Å². The van der Waals surface area contributed by atoms with E-state index in [2.05, 4.69) is 11.0 Å². The third-order valence-corrected chi connectivity index (χ3v) is 2.53. The summed E-state index contributed by atoms with van der Waals surface area (Å²) < 4.78 is 13.3. The first-order valence-corrected chi connectivity index (χ1v) is 5.45. The summed E-state index contributed by atoms with van der Waals surface area (Å²) in [4.78, 5) is 2.06. The summed E-state index contributed by atoms with van der Waals surface area (Å²) in [5.74, 6) is -0.130. The minimum atomic E-state index is -0.149. The standard InChI is InChI=1S/C13H17FN2/c1-11(9-15)10-16(2)8-7-12-5-3-4-6-13(12)14/h3-6,11H,7-8,10H2,1-2H3. The molecular formula is C13H17FN2. The molecule has 86 valence electrons. The van der Waals surface area contributed by atoms with Gasteiger partial charge in [0.15, 0.2) is 0 Å². The normalized spacial score (nSPS) is 12.4. The number of nitrogens with zero attached hydrogens (tertiary/aromatic N) is 2. The molecule has 1 aromatic carbocycles. The second-order valence-electron chi connectivity index (χ2n) is 4.13. The quantitative estimate of drug-likeness (QED) is 0.762. The van der Waals surface area contributed by atoms with Gasteiger partial charge in [-0.1, -0.05) is 18.2 Å². The first-order chi connectivity index (χ1) is 7.63. The molecule has 0 saturated carbocycles. The van der Waals surface area contributed by atoms with Gasteiger partial charge in [0, 0.05) is 13.1 Å². The molecule has 0 amide bonds. The summed E-state index contributed by atoms with van der Waals surface area (Å²) in [5.41, 5.74) is 0.735. The zero-order valence-corrected chi connectivity index (χ0v) is 9.78. The van der Waals surface area contributed by atoms with E-state index >= 15 is 0 Å². The van der Waals surface area contributed by atoms with Crippen LogP contribution in [0.5, 0.6) is 0 Å². The van der Waals surface area contributed by atoms with Gasteiger partial charge in [-0.3, -0.25) is 0 Å². The van der Waals surface area contributed by atoms with E-state index in [0.29, 0.717) is 6.42 Å². The molecule has 0 bridgehead atoms. The molecule has 16 heavy (non-hydrogen) atoms. The summed E-state index contributed by atoms with van der Waals surface area (Å²) in [7, 11) is 1.95. The molecule has 0 aliphatic rings. The third-order valence-electron chi connectivity index (χ3n) is 2.53. The van der Waals surface area contributed by atoms with Gasteiger partial charge in [0.05, 0.1) is 12.0 Å². The molecule has 0 aromatic heterocycles. The van der Waals surface area contributed by atoms with Gasteiger partial charge in [-0.2, -0.15) is 5.26 Å². The van der Waals surface area contributed by atoms with E-state index < -0.39 is 0 Å². The first-order valence-electron chi connectivity index (χ1n) is 5.45. The topological polar surface area (TPSA) is 27.0 Å². The highest BCUT2D eigenvalue weighted by Gasteiger charge is 2.06. The third kappa shape index (κ3) is 4.00. The molecule has 1 unspecified atom stereocenters. The Bertz CT molecular complexity index is 370. The molecule has 0 saturated heterocycles. The zero-order valence-electron chi connectivity index (χ0n) is 9.78. The highest BCUT2D eigenvalue weighted by atomic mass is 19.1. The second-order valence-corrected chi connectivity index (χ2v) is 4.13. The molecule has 0 heterocycles. The van der Waals surface area contributed by atoms with Crippen LogP contribution in [-0.2, 0) is 6.42 Å². The zero-order chi connectivity index (χ0) is 12.0. The molecule has 0 N–H and O–H groups in total. The Balaban J connectivity index is 2.41. The van der Waals surface area contributed by atoms with Crippen LogP contribution in [0.2, 0.25) is 0 Å². The molecule has 0 spiro atoms. The molecular weight excluding hydrogens is 203 g/mol. The number of rotatable bonds is 5. The van der Waals surface area contributed by atoms with Crippen molar-refractivity contribution in [3.8, 4) is 6.07 Å². The molecule has 0 aliphatic heterocycles. The van der Waals surface area contributed by atoms with Crippen molar-refractivity contribution in [2.45, 2.75) is 13.3 Å². The average Bonchev–Trinajstić information content (AvgIpc) is 2.28. The van der Waals surface area contributed by atoms with Crippen molar-refractivity contribution in [2.75, 3.05) is 20.1 Å². The predicted molar refractivity (Wildman–Crippen MR) is 62.4 cm³/mol. The Kier molecular flexibility index (Phi) is 4.94. The molecule has 1 aromatic rings. The Hall–Kier alpha value is -1.40. The minimum Gasteiger partial charge on any atom is -0.305 e. The van der Waals surface area contributed by atoms with E-state index in [-0.39, 0.29) is 11.7 Å². The van der Waals surface area contributed by atoms with Crippen LogP contribution in [0.1, 0.15) is 12.5 Å². The van der Waals surface area contributed by atoms with Crippen molar-refractivity contribution in [1.29, 1.82) is 5.26 Å². The Morgan fingerprint density at radius 3 is 2.75 bits per heavy atom. The Morgan fingerprint density at radius 1 is 1.44 bits per heavy atom. The summed E-state index contributed by atoms with van der Waals surface area (Å²) in [6, 6.07) is 9.01. The molecule has 2 nitrogen and oxygen atoms in total. The van der Waals surface area contributed by atoms with Crippen molar-refractivity contribution in [3.63, 3.8) is 0 Å². The van der Waals surface area contributed by atoms with Crippen molar-refractivity contribution >= 4 is 0 Å².